The van der Waals surface area contributed by atoms with E-state index in [1.54, 1.807) is 35.9 Å². The summed E-state index contributed by atoms with van der Waals surface area (Å²) in [5.74, 6) is 0.327. The maximum Gasteiger partial charge on any atom is 0.190 e. The van der Waals surface area contributed by atoms with Gasteiger partial charge in [-0.2, -0.15) is 0 Å². The van der Waals surface area contributed by atoms with Crippen LogP contribution >= 0.6 is 23.5 Å². The first-order valence-corrected chi connectivity index (χ1v) is 7.94. The van der Waals surface area contributed by atoms with Gasteiger partial charge in [0.15, 0.2) is 5.16 Å². The number of benzene rings is 1. The van der Waals surface area contributed by atoms with E-state index in [1.807, 2.05) is 15.9 Å². The van der Waals surface area contributed by atoms with E-state index in [1.165, 1.54) is 19.2 Å². The van der Waals surface area contributed by atoms with E-state index in [9.17, 15) is 10.2 Å². The Labute approximate surface area is 124 Å². The summed E-state index contributed by atoms with van der Waals surface area (Å²) in [7, 11) is 1.48. The Morgan fingerprint density at radius 3 is 2.65 bits per heavy atom. The van der Waals surface area contributed by atoms with Gasteiger partial charge in [0.1, 0.15) is 27.6 Å². The number of fused-ring (bicyclic) bond motifs is 1. The smallest absolute Gasteiger partial charge is 0.190 e. The molecule has 2 N–H and O–H groups in total. The van der Waals surface area contributed by atoms with Gasteiger partial charge in [0, 0.05) is 24.5 Å². The number of methoxy groups -OCH3 is 1. The Morgan fingerprint density at radius 1 is 1.35 bits per heavy atom. The lowest BCUT2D eigenvalue weighted by molar-refractivity contribution is 0.397. The van der Waals surface area contributed by atoms with Crippen LogP contribution in [0.2, 0.25) is 0 Å². The van der Waals surface area contributed by atoms with Crippen LogP contribution < -0.4 is 9.75 Å². The average molecular weight is 311 g/mol. The lowest BCUT2D eigenvalue weighted by Crippen LogP contribution is -2.30. The molecule has 0 radical (unpaired) electrons. The number of aromatic nitrogens is 2. The second kappa shape index (κ2) is 5.02. The highest BCUT2D eigenvalue weighted by Crippen LogP contribution is 2.48. The first-order chi connectivity index (χ1) is 9.65. The molecule has 20 heavy (non-hydrogen) atoms. The van der Waals surface area contributed by atoms with Crippen LogP contribution in [-0.2, 0) is 0 Å². The lowest BCUT2D eigenvalue weighted by atomic mass is 10.2. The highest BCUT2D eigenvalue weighted by Gasteiger charge is 2.34. The molecule has 0 amide bonds. The van der Waals surface area contributed by atoms with E-state index in [2.05, 4.69) is 4.98 Å². The molecule has 0 spiro atoms. The number of rotatable bonds is 3. The van der Waals surface area contributed by atoms with Crippen LogP contribution in [0.4, 0.5) is 5.69 Å². The van der Waals surface area contributed by atoms with Crippen molar-refractivity contribution in [2.45, 2.75) is 9.86 Å². The molecule has 1 aliphatic rings. The van der Waals surface area contributed by atoms with E-state index >= 15 is 0 Å². The number of anilines is 1. The topological polar surface area (TPSA) is 70.8 Å². The van der Waals surface area contributed by atoms with Gasteiger partial charge in [0.05, 0.1) is 7.11 Å². The standard InChI is InChI=1S/C12H13N3O3S2/c1-18-7-5-8(16)10(9(17)6-7)15-12(19-2)20-11-13-3-4-14(11)15/h3-6,12,16-17H,1-2H3. The second-order valence-corrected chi connectivity index (χ2v) is 6.34. The summed E-state index contributed by atoms with van der Waals surface area (Å²) in [6.07, 6.45) is 5.44. The SMILES string of the molecule is COc1cc(O)c(N2C(SC)Sc3nccn32)c(O)c1. The van der Waals surface area contributed by atoms with Crippen molar-refractivity contribution in [3.05, 3.63) is 24.5 Å². The number of imidazole rings is 1. The minimum atomic E-state index is -0.0388. The van der Waals surface area contributed by atoms with Gasteiger partial charge in [0.25, 0.3) is 0 Å². The van der Waals surface area contributed by atoms with Gasteiger partial charge in [-0.15, -0.1) is 11.8 Å². The molecule has 3 rings (SSSR count). The van der Waals surface area contributed by atoms with Crippen LogP contribution in [0.5, 0.6) is 17.2 Å². The highest BCUT2D eigenvalue weighted by atomic mass is 32.2. The molecule has 8 heteroatoms. The maximum absolute atomic E-state index is 10.2. The first-order valence-electron chi connectivity index (χ1n) is 5.78. The summed E-state index contributed by atoms with van der Waals surface area (Å²) in [5.41, 5.74) is 0.342. The number of nitrogens with zero attached hydrogens (tertiary/aromatic N) is 3. The summed E-state index contributed by atoms with van der Waals surface area (Å²) in [6.45, 7) is 0. The van der Waals surface area contributed by atoms with Gasteiger partial charge in [-0.25, -0.2) is 14.7 Å². The minimum absolute atomic E-state index is 0.0103. The second-order valence-electron chi connectivity index (χ2n) is 4.07. The molecule has 6 nitrogen and oxygen atoms in total. The molecule has 1 aromatic heterocycles. The third-order valence-corrected chi connectivity index (χ3v) is 5.31. The zero-order valence-electron chi connectivity index (χ0n) is 10.8. The fourth-order valence-corrected chi connectivity index (χ4v) is 3.98. The molecule has 0 saturated heterocycles. The monoisotopic (exact) mass is 311 g/mol. The van der Waals surface area contributed by atoms with E-state index < -0.39 is 0 Å². The lowest BCUT2D eigenvalue weighted by Gasteiger charge is -2.26. The van der Waals surface area contributed by atoms with Crippen LogP contribution in [0, 0.1) is 0 Å². The highest BCUT2D eigenvalue weighted by molar-refractivity contribution is 8.17. The normalized spacial score (nSPS) is 17.3. The summed E-state index contributed by atoms with van der Waals surface area (Å²) < 4.78 is 6.84. The average Bonchev–Trinajstić information content (AvgIpc) is 2.99. The molecule has 0 bridgehead atoms. The fraction of sp³-hybridized carbons (Fsp3) is 0.250. The number of hydrogen-bond acceptors (Lipinski definition) is 7. The zero-order valence-corrected chi connectivity index (χ0v) is 12.5. The van der Waals surface area contributed by atoms with Gasteiger partial charge in [-0.3, -0.25) is 0 Å². The number of hydrogen-bond donors (Lipinski definition) is 2. The van der Waals surface area contributed by atoms with Gasteiger partial charge in [-0.1, -0.05) is 0 Å². The molecular weight excluding hydrogens is 298 g/mol. The first kappa shape index (κ1) is 13.3. The van der Waals surface area contributed by atoms with E-state index in [-0.39, 0.29) is 16.2 Å². The Bertz CT molecular complexity index is 624. The fourth-order valence-electron chi connectivity index (χ4n) is 2.07. The van der Waals surface area contributed by atoms with Crippen molar-refractivity contribution >= 4 is 29.2 Å². The summed E-state index contributed by atoms with van der Waals surface area (Å²) in [6, 6.07) is 2.96. The Hall–Kier alpha value is -1.67. The van der Waals surface area contributed by atoms with Crippen molar-refractivity contribution < 1.29 is 14.9 Å². The molecule has 0 aliphatic carbocycles. The predicted molar refractivity (Wildman–Crippen MR) is 79.6 cm³/mol. The summed E-state index contributed by atoms with van der Waals surface area (Å²) in [4.78, 5) is 4.25. The van der Waals surface area contributed by atoms with Gasteiger partial charge in [-0.05, 0) is 18.0 Å². The number of phenols is 2. The predicted octanol–water partition coefficient (Wildman–Crippen LogP) is 2.32. The third-order valence-electron chi connectivity index (χ3n) is 2.94. The Balaban J connectivity index is 2.12. The van der Waals surface area contributed by atoms with Crippen molar-refractivity contribution in [1.82, 2.24) is 9.66 Å². The largest absolute Gasteiger partial charge is 0.505 e. The molecule has 0 saturated carbocycles. The number of thioether (sulfide) groups is 2. The summed E-state index contributed by atoms with van der Waals surface area (Å²) in [5, 5.41) is 23.0. The van der Waals surface area contributed by atoms with Crippen LogP contribution in [0.3, 0.4) is 0 Å². The third kappa shape index (κ3) is 1.95. The number of aromatic hydroxyl groups is 2. The number of ether oxygens (including phenoxy) is 1. The molecule has 2 aromatic rings. The van der Waals surface area contributed by atoms with Crippen LogP contribution in [0.25, 0.3) is 0 Å². The van der Waals surface area contributed by atoms with E-state index in [0.29, 0.717) is 11.4 Å². The molecule has 1 unspecified atom stereocenters. The van der Waals surface area contributed by atoms with E-state index in [4.69, 9.17) is 4.74 Å². The Morgan fingerprint density at radius 2 is 2.05 bits per heavy atom. The van der Waals surface area contributed by atoms with Crippen molar-refractivity contribution in [2.24, 2.45) is 0 Å². The zero-order chi connectivity index (χ0) is 14.3. The minimum Gasteiger partial charge on any atom is -0.505 e. The molecule has 106 valence electrons. The van der Waals surface area contributed by atoms with Crippen LogP contribution in [0.15, 0.2) is 29.7 Å². The van der Waals surface area contributed by atoms with Crippen LogP contribution in [-0.4, -0.2) is 37.9 Å². The van der Waals surface area contributed by atoms with Crippen molar-refractivity contribution in [3.63, 3.8) is 0 Å². The summed E-state index contributed by atoms with van der Waals surface area (Å²) >= 11 is 3.16. The number of phenolic OH excluding ortho intramolecular Hbond substituents is 2. The van der Waals surface area contributed by atoms with Crippen LogP contribution in [0.1, 0.15) is 0 Å². The molecule has 1 aliphatic heterocycles. The van der Waals surface area contributed by atoms with Gasteiger partial charge >= 0.3 is 0 Å². The molecule has 1 aromatic carbocycles. The van der Waals surface area contributed by atoms with Crippen molar-refractivity contribution in [1.29, 1.82) is 0 Å². The van der Waals surface area contributed by atoms with Gasteiger partial charge < -0.3 is 14.9 Å². The van der Waals surface area contributed by atoms with Gasteiger partial charge in [0.2, 0.25) is 0 Å². The van der Waals surface area contributed by atoms with Crippen molar-refractivity contribution in [3.8, 4) is 17.2 Å². The molecule has 0 fully saturated rings. The molecule has 2 heterocycles. The quantitative estimate of drug-likeness (QED) is 0.901. The maximum atomic E-state index is 10.2. The molecular formula is C12H13N3O3S2. The molecule has 1 atom stereocenters. The Kier molecular flexibility index (Phi) is 3.35. The van der Waals surface area contributed by atoms with E-state index in [0.717, 1.165) is 5.16 Å². The van der Waals surface area contributed by atoms with Crippen molar-refractivity contribution in [2.75, 3.05) is 18.4 Å².